The van der Waals surface area contributed by atoms with Gasteiger partial charge in [0.25, 0.3) is 5.91 Å². The van der Waals surface area contributed by atoms with Crippen molar-refractivity contribution in [1.29, 1.82) is 0 Å². The van der Waals surface area contributed by atoms with Crippen molar-refractivity contribution < 1.29 is 27.2 Å². The number of amides is 2. The molecular formula is C21H13Cl2F3N2O3. The molecule has 160 valence electrons. The summed E-state index contributed by atoms with van der Waals surface area (Å²) in [6, 6.07) is 10.4. The topological polar surface area (TPSA) is 71.3 Å². The van der Waals surface area contributed by atoms with Crippen LogP contribution in [0.2, 0.25) is 10.0 Å². The molecule has 0 fully saturated rings. The molecular weight excluding hydrogens is 456 g/mol. The van der Waals surface area contributed by atoms with E-state index in [0.29, 0.717) is 10.6 Å². The summed E-state index contributed by atoms with van der Waals surface area (Å²) >= 11 is 11.8. The molecule has 0 aliphatic rings. The van der Waals surface area contributed by atoms with Crippen LogP contribution in [0.5, 0.6) is 0 Å². The molecule has 5 nitrogen and oxygen atoms in total. The molecule has 0 radical (unpaired) electrons. The monoisotopic (exact) mass is 468 g/mol. The van der Waals surface area contributed by atoms with E-state index in [1.807, 2.05) is 0 Å². The van der Waals surface area contributed by atoms with E-state index in [4.69, 9.17) is 27.6 Å². The van der Waals surface area contributed by atoms with Crippen molar-refractivity contribution in [2.24, 2.45) is 0 Å². The largest absolute Gasteiger partial charge is 0.459 e. The fourth-order valence-electron chi connectivity index (χ4n) is 2.54. The fourth-order valence-corrected chi connectivity index (χ4v) is 3.01. The number of nitrogens with one attached hydrogen (secondary N) is 2. The van der Waals surface area contributed by atoms with E-state index in [2.05, 4.69) is 10.6 Å². The van der Waals surface area contributed by atoms with Gasteiger partial charge in [-0.1, -0.05) is 29.3 Å². The van der Waals surface area contributed by atoms with Crippen LogP contribution in [0, 0.1) is 0 Å². The normalized spacial score (nSPS) is 11.5. The van der Waals surface area contributed by atoms with Crippen molar-refractivity contribution in [2.45, 2.75) is 6.18 Å². The number of rotatable bonds is 5. The average molecular weight is 469 g/mol. The van der Waals surface area contributed by atoms with Crippen LogP contribution in [0.1, 0.15) is 21.7 Å². The average Bonchev–Trinajstić information content (AvgIpc) is 3.22. The van der Waals surface area contributed by atoms with Crippen molar-refractivity contribution >= 4 is 52.5 Å². The van der Waals surface area contributed by atoms with Gasteiger partial charge < -0.3 is 15.1 Å². The van der Waals surface area contributed by atoms with Crippen molar-refractivity contribution in [3.05, 3.63) is 87.8 Å². The number of hydrogen-bond donors (Lipinski definition) is 2. The summed E-state index contributed by atoms with van der Waals surface area (Å²) in [5.41, 5.74) is -1.25. The smallest absolute Gasteiger partial charge is 0.418 e. The Hall–Kier alpha value is -3.23. The Morgan fingerprint density at radius 3 is 2.42 bits per heavy atom. The summed E-state index contributed by atoms with van der Waals surface area (Å²) < 4.78 is 45.4. The second-order valence-electron chi connectivity index (χ2n) is 6.18. The van der Waals surface area contributed by atoms with Gasteiger partial charge >= 0.3 is 6.18 Å². The summed E-state index contributed by atoms with van der Waals surface area (Å²) in [7, 11) is 0. The lowest BCUT2D eigenvalue weighted by Crippen LogP contribution is -2.16. The van der Waals surface area contributed by atoms with Gasteiger partial charge in [-0.05, 0) is 54.1 Å². The Kier molecular flexibility index (Phi) is 6.72. The second-order valence-corrected chi connectivity index (χ2v) is 7.02. The van der Waals surface area contributed by atoms with Gasteiger partial charge in [-0.15, -0.1) is 0 Å². The molecule has 0 atom stereocenters. The molecule has 2 N–H and O–H groups in total. The number of halogens is 5. The van der Waals surface area contributed by atoms with Gasteiger partial charge in [0, 0.05) is 21.8 Å². The maximum absolute atomic E-state index is 13.5. The minimum Gasteiger partial charge on any atom is -0.459 e. The highest BCUT2D eigenvalue weighted by Crippen LogP contribution is 2.36. The van der Waals surface area contributed by atoms with Crippen LogP contribution in [0.25, 0.3) is 6.08 Å². The van der Waals surface area contributed by atoms with E-state index in [1.54, 1.807) is 12.1 Å². The molecule has 0 saturated heterocycles. The van der Waals surface area contributed by atoms with Gasteiger partial charge in [0.05, 0.1) is 17.5 Å². The van der Waals surface area contributed by atoms with Crippen molar-refractivity contribution in [1.82, 2.24) is 0 Å². The predicted molar refractivity (Wildman–Crippen MR) is 112 cm³/mol. The van der Waals surface area contributed by atoms with E-state index in [1.165, 1.54) is 36.6 Å². The van der Waals surface area contributed by atoms with Crippen molar-refractivity contribution in [2.75, 3.05) is 10.6 Å². The first-order chi connectivity index (χ1) is 14.6. The molecule has 0 saturated carbocycles. The van der Waals surface area contributed by atoms with E-state index in [0.717, 1.165) is 18.2 Å². The predicted octanol–water partition coefficient (Wildman–Crippen LogP) is 6.51. The molecule has 2 aromatic carbocycles. The summed E-state index contributed by atoms with van der Waals surface area (Å²) in [4.78, 5) is 24.1. The van der Waals surface area contributed by atoms with Crippen LogP contribution in [0.15, 0.2) is 65.3 Å². The lowest BCUT2D eigenvalue weighted by Gasteiger charge is -2.15. The summed E-state index contributed by atoms with van der Waals surface area (Å²) in [6.45, 7) is 0. The summed E-state index contributed by atoms with van der Waals surface area (Å²) in [5.74, 6) is -1.57. The molecule has 10 heteroatoms. The van der Waals surface area contributed by atoms with Crippen LogP contribution in [-0.2, 0) is 11.0 Å². The highest BCUT2D eigenvalue weighted by molar-refractivity contribution is 6.35. The molecule has 0 unspecified atom stereocenters. The molecule has 2 amide bonds. The lowest BCUT2D eigenvalue weighted by atomic mass is 10.1. The number of carbonyl (C=O) groups excluding carboxylic acids is 2. The van der Waals surface area contributed by atoms with Crippen LogP contribution in [-0.4, -0.2) is 11.8 Å². The van der Waals surface area contributed by atoms with Crippen LogP contribution in [0.4, 0.5) is 24.5 Å². The fraction of sp³-hybridized carbons (Fsp3) is 0.0476. The molecule has 3 aromatic rings. The Balaban J connectivity index is 1.79. The van der Waals surface area contributed by atoms with E-state index in [9.17, 15) is 22.8 Å². The third kappa shape index (κ3) is 5.90. The third-order valence-corrected chi connectivity index (χ3v) is 4.52. The second kappa shape index (κ2) is 9.28. The molecule has 1 aromatic heterocycles. The summed E-state index contributed by atoms with van der Waals surface area (Å²) in [5, 5.41) is 5.18. The minimum atomic E-state index is -4.78. The van der Waals surface area contributed by atoms with Gasteiger partial charge in [-0.25, -0.2) is 0 Å². The first-order valence-electron chi connectivity index (χ1n) is 8.64. The Labute approximate surface area is 184 Å². The quantitative estimate of drug-likeness (QED) is 0.419. The Morgan fingerprint density at radius 1 is 1.00 bits per heavy atom. The first-order valence-corrected chi connectivity index (χ1v) is 9.39. The zero-order chi connectivity index (χ0) is 22.6. The van der Waals surface area contributed by atoms with Gasteiger partial charge in [0.2, 0.25) is 5.91 Å². The summed E-state index contributed by atoms with van der Waals surface area (Å²) in [6.07, 6.45) is -1.13. The molecule has 0 aliphatic heterocycles. The third-order valence-electron chi connectivity index (χ3n) is 3.96. The molecule has 0 aliphatic carbocycles. The zero-order valence-corrected chi connectivity index (χ0v) is 17.0. The van der Waals surface area contributed by atoms with Crippen molar-refractivity contribution in [3.8, 4) is 0 Å². The number of benzene rings is 2. The van der Waals surface area contributed by atoms with Crippen LogP contribution in [0.3, 0.4) is 0 Å². The van der Waals surface area contributed by atoms with E-state index in [-0.39, 0.29) is 16.5 Å². The highest BCUT2D eigenvalue weighted by atomic mass is 35.5. The minimum absolute atomic E-state index is 0.0584. The molecule has 0 spiro atoms. The molecule has 1 heterocycles. The Morgan fingerprint density at radius 2 is 1.77 bits per heavy atom. The first kappa shape index (κ1) is 22.5. The molecule has 0 bridgehead atoms. The van der Waals surface area contributed by atoms with E-state index >= 15 is 0 Å². The zero-order valence-electron chi connectivity index (χ0n) is 15.5. The number of furan rings is 1. The van der Waals surface area contributed by atoms with E-state index < -0.39 is 29.2 Å². The molecule has 31 heavy (non-hydrogen) atoms. The lowest BCUT2D eigenvalue weighted by molar-refractivity contribution is -0.136. The van der Waals surface area contributed by atoms with Gasteiger partial charge in [0.1, 0.15) is 0 Å². The Bertz CT molecular complexity index is 1140. The maximum atomic E-state index is 13.5. The standard InChI is InChI=1S/C21H13Cl2F3N2O3/c22-13-5-3-12(16(23)10-13)4-8-19(29)28-17-7-6-14(11-15(17)21(24,25)26)27-20(30)18-2-1-9-31-18/h1-11H,(H,27,30)(H,28,29)/b8-4+. The van der Waals surface area contributed by atoms with Crippen LogP contribution >= 0.6 is 23.2 Å². The number of alkyl halides is 3. The van der Waals surface area contributed by atoms with Gasteiger partial charge in [0.15, 0.2) is 5.76 Å². The van der Waals surface area contributed by atoms with Gasteiger partial charge in [-0.3, -0.25) is 9.59 Å². The maximum Gasteiger partial charge on any atom is 0.418 e. The van der Waals surface area contributed by atoms with Crippen LogP contribution < -0.4 is 10.6 Å². The molecule has 3 rings (SSSR count). The number of hydrogen-bond acceptors (Lipinski definition) is 3. The SMILES string of the molecule is O=C(/C=C/c1ccc(Cl)cc1Cl)Nc1ccc(NC(=O)c2ccco2)cc1C(F)(F)F. The van der Waals surface area contributed by atoms with Gasteiger partial charge in [-0.2, -0.15) is 13.2 Å². The number of anilines is 2. The number of carbonyl (C=O) groups is 2. The highest BCUT2D eigenvalue weighted by Gasteiger charge is 2.34. The van der Waals surface area contributed by atoms with Crippen molar-refractivity contribution in [3.63, 3.8) is 0 Å².